The van der Waals surface area contributed by atoms with Gasteiger partial charge in [-0.2, -0.15) is 0 Å². The molecule has 2 heteroatoms. The summed E-state index contributed by atoms with van der Waals surface area (Å²) in [5, 5.41) is 10.0. The van der Waals surface area contributed by atoms with Gasteiger partial charge >= 0.3 is 0 Å². The smallest absolute Gasteiger partial charge is 0.141 e. The van der Waals surface area contributed by atoms with E-state index in [9.17, 15) is 0 Å². The van der Waals surface area contributed by atoms with E-state index in [0.29, 0.717) is 0 Å². The maximum absolute atomic E-state index is 6.20. The first-order valence-corrected chi connectivity index (χ1v) is 16.0. The summed E-state index contributed by atoms with van der Waals surface area (Å²) in [7, 11) is 0. The van der Waals surface area contributed by atoms with E-state index < -0.39 is 0 Å². The predicted octanol–water partition coefficient (Wildman–Crippen LogP) is 12.4. The summed E-state index contributed by atoms with van der Waals surface area (Å²) < 4.78 is 12.4. The van der Waals surface area contributed by atoms with Gasteiger partial charge in [-0.3, -0.25) is 0 Å². The standard InChI is InChI=1S/C38H44O2/c1-3-5-7-9-11-13-15-27-25-39-37-29(27)17-19-33-31-22-24-36-34(32(31)21-23-35(33)37)20-18-30-28(26-40-38(30)36)16-14-12-10-8-6-4-2/h17-26H,3-16H2,1-2H3. The van der Waals surface area contributed by atoms with Gasteiger partial charge in [-0.1, -0.05) is 114 Å². The zero-order valence-corrected chi connectivity index (χ0v) is 24.5. The van der Waals surface area contributed by atoms with E-state index in [1.807, 2.05) is 12.5 Å². The number of fused-ring (bicyclic) bond motifs is 9. The highest BCUT2D eigenvalue weighted by molar-refractivity contribution is 6.24. The first-order chi connectivity index (χ1) is 19.8. The van der Waals surface area contributed by atoms with Crippen LogP contribution in [0.5, 0.6) is 0 Å². The highest BCUT2D eigenvalue weighted by Crippen LogP contribution is 2.39. The van der Waals surface area contributed by atoms with Gasteiger partial charge in [0.05, 0.1) is 12.5 Å². The summed E-state index contributed by atoms with van der Waals surface area (Å²) >= 11 is 0. The van der Waals surface area contributed by atoms with Crippen LogP contribution in [0.1, 0.15) is 102 Å². The van der Waals surface area contributed by atoms with Crippen LogP contribution in [0.15, 0.2) is 69.9 Å². The van der Waals surface area contributed by atoms with Gasteiger partial charge in [-0.15, -0.1) is 0 Å². The molecule has 6 rings (SSSR count). The van der Waals surface area contributed by atoms with Crippen molar-refractivity contribution in [2.75, 3.05) is 0 Å². The van der Waals surface area contributed by atoms with Gasteiger partial charge in [0.15, 0.2) is 0 Å². The zero-order valence-electron chi connectivity index (χ0n) is 24.5. The van der Waals surface area contributed by atoms with E-state index >= 15 is 0 Å². The molecule has 40 heavy (non-hydrogen) atoms. The summed E-state index contributed by atoms with van der Waals surface area (Å²) in [6.07, 6.45) is 22.0. The molecule has 0 saturated heterocycles. The Hall–Kier alpha value is -3.26. The molecule has 208 valence electrons. The molecule has 0 bridgehead atoms. The second kappa shape index (κ2) is 12.5. The van der Waals surface area contributed by atoms with E-state index in [-0.39, 0.29) is 0 Å². The van der Waals surface area contributed by atoms with Crippen molar-refractivity contribution in [1.29, 1.82) is 0 Å². The van der Waals surface area contributed by atoms with Gasteiger partial charge in [0, 0.05) is 21.5 Å². The Morgan fingerprint density at radius 1 is 0.375 bits per heavy atom. The predicted molar refractivity (Wildman–Crippen MR) is 173 cm³/mol. The molecule has 0 fully saturated rings. The third-order valence-electron chi connectivity index (χ3n) is 9.03. The number of furan rings is 2. The van der Waals surface area contributed by atoms with Gasteiger partial charge in [0.25, 0.3) is 0 Å². The minimum absolute atomic E-state index is 1.03. The van der Waals surface area contributed by atoms with Gasteiger partial charge in [-0.05, 0) is 70.5 Å². The van der Waals surface area contributed by atoms with E-state index in [1.165, 1.54) is 131 Å². The molecular weight excluding hydrogens is 488 g/mol. The highest BCUT2D eigenvalue weighted by Gasteiger charge is 2.15. The minimum Gasteiger partial charge on any atom is -0.463 e. The lowest BCUT2D eigenvalue weighted by molar-refractivity contribution is 0.594. The Morgan fingerprint density at radius 3 is 1.12 bits per heavy atom. The Labute approximate surface area is 238 Å². The lowest BCUT2D eigenvalue weighted by Crippen LogP contribution is -1.86. The van der Waals surface area contributed by atoms with E-state index in [1.54, 1.807) is 0 Å². The van der Waals surface area contributed by atoms with Gasteiger partial charge in [0.1, 0.15) is 11.2 Å². The molecule has 0 aliphatic heterocycles. The van der Waals surface area contributed by atoms with Gasteiger partial charge < -0.3 is 8.83 Å². The Kier molecular flexibility index (Phi) is 8.42. The second-order valence-corrected chi connectivity index (χ2v) is 11.9. The van der Waals surface area contributed by atoms with Crippen LogP contribution < -0.4 is 0 Å². The van der Waals surface area contributed by atoms with Crippen molar-refractivity contribution in [3.63, 3.8) is 0 Å². The third kappa shape index (κ3) is 5.26. The van der Waals surface area contributed by atoms with Crippen LogP contribution in [-0.4, -0.2) is 0 Å². The number of hydrogen-bond donors (Lipinski definition) is 0. The van der Waals surface area contributed by atoms with E-state index in [4.69, 9.17) is 8.83 Å². The fraction of sp³-hybridized carbons (Fsp3) is 0.421. The first kappa shape index (κ1) is 26.9. The van der Waals surface area contributed by atoms with Gasteiger partial charge in [0.2, 0.25) is 0 Å². The van der Waals surface area contributed by atoms with Crippen molar-refractivity contribution in [2.45, 2.75) is 104 Å². The first-order valence-electron chi connectivity index (χ1n) is 16.0. The SMILES string of the molecule is CCCCCCCCc1coc2c1ccc1c3ccc4c(ccc5c(CCCCCCCC)coc54)c3ccc12. The maximum Gasteiger partial charge on any atom is 0.141 e. The van der Waals surface area contributed by atoms with E-state index in [0.717, 1.165) is 24.0 Å². The average molecular weight is 533 g/mol. The summed E-state index contributed by atoms with van der Waals surface area (Å²) in [6.45, 7) is 4.55. The molecule has 6 aromatic rings. The minimum atomic E-state index is 1.03. The molecule has 0 saturated carbocycles. The van der Waals surface area contributed by atoms with Crippen molar-refractivity contribution in [3.05, 3.63) is 72.2 Å². The van der Waals surface area contributed by atoms with Crippen LogP contribution in [0.25, 0.3) is 54.3 Å². The summed E-state index contributed by atoms with van der Waals surface area (Å²) in [5.41, 5.74) is 4.76. The zero-order chi connectivity index (χ0) is 27.3. The maximum atomic E-state index is 6.20. The molecule has 0 atom stereocenters. The molecule has 0 N–H and O–H groups in total. The fourth-order valence-electron chi connectivity index (χ4n) is 6.71. The molecule has 0 unspecified atom stereocenters. The molecule has 0 amide bonds. The normalized spacial score (nSPS) is 12.2. The molecule has 2 heterocycles. The summed E-state index contributed by atoms with van der Waals surface area (Å²) in [4.78, 5) is 0. The topological polar surface area (TPSA) is 26.3 Å². The number of aryl methyl sites for hydroxylation is 2. The molecule has 0 radical (unpaired) electrons. The molecule has 2 nitrogen and oxygen atoms in total. The number of rotatable bonds is 14. The van der Waals surface area contributed by atoms with Crippen molar-refractivity contribution in [1.82, 2.24) is 0 Å². The van der Waals surface area contributed by atoms with Crippen LogP contribution in [-0.2, 0) is 12.8 Å². The average Bonchev–Trinajstić information content (AvgIpc) is 3.60. The van der Waals surface area contributed by atoms with Crippen LogP contribution in [0.3, 0.4) is 0 Å². The van der Waals surface area contributed by atoms with Crippen molar-refractivity contribution in [3.8, 4) is 0 Å². The lowest BCUT2D eigenvalue weighted by Gasteiger charge is -2.09. The van der Waals surface area contributed by atoms with Crippen LogP contribution in [0.2, 0.25) is 0 Å². The fourth-order valence-corrected chi connectivity index (χ4v) is 6.71. The Bertz CT molecular complexity index is 1600. The van der Waals surface area contributed by atoms with Crippen LogP contribution in [0.4, 0.5) is 0 Å². The summed E-state index contributed by atoms with van der Waals surface area (Å²) in [6, 6.07) is 18.2. The van der Waals surface area contributed by atoms with Gasteiger partial charge in [-0.25, -0.2) is 0 Å². The Balaban J connectivity index is 1.27. The lowest BCUT2D eigenvalue weighted by atomic mass is 9.94. The summed E-state index contributed by atoms with van der Waals surface area (Å²) in [5.74, 6) is 0. The van der Waals surface area contributed by atoms with Crippen LogP contribution >= 0.6 is 0 Å². The number of hydrogen-bond acceptors (Lipinski definition) is 2. The quantitative estimate of drug-likeness (QED) is 0.103. The largest absolute Gasteiger partial charge is 0.463 e. The molecule has 0 aliphatic rings. The number of unbranched alkanes of at least 4 members (excludes halogenated alkanes) is 10. The van der Waals surface area contributed by atoms with Crippen molar-refractivity contribution >= 4 is 54.3 Å². The van der Waals surface area contributed by atoms with Crippen LogP contribution in [0, 0.1) is 0 Å². The third-order valence-corrected chi connectivity index (χ3v) is 9.03. The van der Waals surface area contributed by atoms with Crippen molar-refractivity contribution in [2.24, 2.45) is 0 Å². The molecule has 2 aromatic heterocycles. The van der Waals surface area contributed by atoms with E-state index in [2.05, 4.69) is 62.4 Å². The Morgan fingerprint density at radius 2 is 0.700 bits per heavy atom. The monoisotopic (exact) mass is 532 g/mol. The molecule has 0 spiro atoms. The second-order valence-electron chi connectivity index (χ2n) is 11.9. The molecular formula is C38H44O2. The number of benzene rings is 4. The molecule has 0 aliphatic carbocycles. The van der Waals surface area contributed by atoms with Crippen molar-refractivity contribution < 1.29 is 8.83 Å². The highest BCUT2D eigenvalue weighted by atomic mass is 16.3. The molecule has 4 aromatic carbocycles.